The lowest BCUT2D eigenvalue weighted by Crippen LogP contribution is -2.35. The molecule has 0 unspecified atom stereocenters. The Labute approximate surface area is 157 Å². The van der Waals surface area contributed by atoms with E-state index in [2.05, 4.69) is 35.5 Å². The number of para-hydroxylation sites is 1. The number of fused-ring (bicyclic) bond motifs is 1. The number of piperidine rings is 1. The average molecular weight is 374 g/mol. The van der Waals surface area contributed by atoms with Crippen molar-refractivity contribution in [1.82, 2.24) is 10.2 Å². The number of carbonyl (C=O) groups is 1. The Morgan fingerprint density at radius 3 is 2.62 bits per heavy atom. The van der Waals surface area contributed by atoms with Crippen LogP contribution in [0.3, 0.4) is 0 Å². The third-order valence-electron chi connectivity index (χ3n) is 4.95. The van der Waals surface area contributed by atoms with E-state index in [-0.39, 0.29) is 24.8 Å². The summed E-state index contributed by atoms with van der Waals surface area (Å²) in [6.07, 6.45) is 4.15. The number of nitrogens with one attached hydrogen (secondary N) is 1. The molecule has 0 spiro atoms. The Morgan fingerprint density at radius 1 is 1.17 bits per heavy atom. The van der Waals surface area contributed by atoms with Crippen molar-refractivity contribution in [2.24, 2.45) is 5.92 Å². The maximum absolute atomic E-state index is 12.8. The van der Waals surface area contributed by atoms with Crippen LogP contribution in [-0.2, 0) is 11.3 Å². The fourth-order valence-corrected chi connectivity index (χ4v) is 3.56. The Hall–Kier alpha value is -0.810. The van der Waals surface area contributed by atoms with E-state index in [1.165, 1.54) is 18.4 Å². The predicted octanol–water partition coefficient (Wildman–Crippen LogP) is 3.09. The first-order valence-corrected chi connectivity index (χ1v) is 8.51. The first-order valence-electron chi connectivity index (χ1n) is 8.51. The quantitative estimate of drug-likeness (QED) is 0.883. The highest BCUT2D eigenvalue weighted by Crippen LogP contribution is 2.26. The van der Waals surface area contributed by atoms with Gasteiger partial charge in [0.2, 0.25) is 5.91 Å². The first-order chi connectivity index (χ1) is 10.7. The van der Waals surface area contributed by atoms with E-state index < -0.39 is 0 Å². The number of anilines is 1. The van der Waals surface area contributed by atoms with Crippen molar-refractivity contribution < 1.29 is 4.79 Å². The molecule has 1 aromatic carbocycles. The number of rotatable bonds is 3. The van der Waals surface area contributed by atoms with Gasteiger partial charge in [-0.2, -0.15) is 0 Å². The Balaban J connectivity index is 0.00000144. The molecule has 0 bridgehead atoms. The van der Waals surface area contributed by atoms with Crippen LogP contribution in [0.15, 0.2) is 24.3 Å². The van der Waals surface area contributed by atoms with Gasteiger partial charge in [0, 0.05) is 31.7 Å². The van der Waals surface area contributed by atoms with Crippen molar-refractivity contribution in [2.45, 2.75) is 32.2 Å². The summed E-state index contributed by atoms with van der Waals surface area (Å²) in [5, 5.41) is 3.39. The van der Waals surface area contributed by atoms with Crippen LogP contribution in [0.5, 0.6) is 0 Å². The molecule has 1 N–H and O–H groups in total. The van der Waals surface area contributed by atoms with Crippen molar-refractivity contribution >= 4 is 36.4 Å². The predicted molar refractivity (Wildman–Crippen MR) is 104 cm³/mol. The monoisotopic (exact) mass is 373 g/mol. The fourth-order valence-electron chi connectivity index (χ4n) is 3.56. The molecule has 2 aliphatic heterocycles. The fraction of sp³-hybridized carbons (Fsp3) is 0.611. The highest BCUT2D eigenvalue weighted by molar-refractivity contribution is 5.94. The summed E-state index contributed by atoms with van der Waals surface area (Å²) in [6, 6.07) is 8.34. The number of halogens is 2. The van der Waals surface area contributed by atoms with Crippen LogP contribution in [0.25, 0.3) is 0 Å². The minimum atomic E-state index is 0. The van der Waals surface area contributed by atoms with Crippen LogP contribution >= 0.6 is 24.8 Å². The minimum Gasteiger partial charge on any atom is -0.317 e. The smallest absolute Gasteiger partial charge is 0.227 e. The van der Waals surface area contributed by atoms with Gasteiger partial charge < -0.3 is 15.1 Å². The van der Waals surface area contributed by atoms with Gasteiger partial charge in [-0.3, -0.25) is 4.79 Å². The summed E-state index contributed by atoms with van der Waals surface area (Å²) in [5.41, 5.74) is 2.37. The number of benzene rings is 1. The topological polar surface area (TPSA) is 35.6 Å². The summed E-state index contributed by atoms with van der Waals surface area (Å²) in [7, 11) is 2.12. The molecule has 4 nitrogen and oxygen atoms in total. The van der Waals surface area contributed by atoms with Crippen molar-refractivity contribution in [2.75, 3.05) is 38.1 Å². The first kappa shape index (κ1) is 21.2. The van der Waals surface area contributed by atoms with E-state index in [1.807, 2.05) is 11.0 Å². The van der Waals surface area contributed by atoms with Gasteiger partial charge in [-0.25, -0.2) is 0 Å². The molecule has 3 rings (SSSR count). The maximum Gasteiger partial charge on any atom is 0.227 e. The Kier molecular flexibility index (Phi) is 9.06. The van der Waals surface area contributed by atoms with Gasteiger partial charge in [0.05, 0.1) is 0 Å². The summed E-state index contributed by atoms with van der Waals surface area (Å²) < 4.78 is 0. The SMILES string of the molecule is CN1CCN(C(=O)CCC2CCNCC2)c2ccccc2C1.Cl.Cl. The van der Waals surface area contributed by atoms with E-state index in [4.69, 9.17) is 0 Å². The van der Waals surface area contributed by atoms with Crippen LogP contribution in [0.4, 0.5) is 5.69 Å². The van der Waals surface area contributed by atoms with Crippen molar-refractivity contribution in [3.05, 3.63) is 29.8 Å². The second-order valence-corrected chi connectivity index (χ2v) is 6.64. The molecule has 136 valence electrons. The van der Waals surface area contributed by atoms with E-state index in [1.54, 1.807) is 0 Å². The standard InChI is InChI=1S/C18H27N3O.2ClH/c1-20-12-13-21(17-5-3-2-4-16(17)14-20)18(22)7-6-15-8-10-19-11-9-15;;/h2-5,15,19H,6-14H2,1H3;2*1H. The summed E-state index contributed by atoms with van der Waals surface area (Å²) in [4.78, 5) is 17.1. The molecule has 1 aromatic rings. The molecule has 0 aliphatic carbocycles. The lowest BCUT2D eigenvalue weighted by Gasteiger charge is -2.25. The third-order valence-corrected chi connectivity index (χ3v) is 4.95. The molecule has 1 fully saturated rings. The molecule has 2 aliphatic rings. The largest absolute Gasteiger partial charge is 0.317 e. The van der Waals surface area contributed by atoms with Crippen LogP contribution in [-0.4, -0.2) is 44.0 Å². The zero-order valence-electron chi connectivity index (χ0n) is 14.4. The zero-order valence-corrected chi connectivity index (χ0v) is 16.0. The molecule has 0 radical (unpaired) electrons. The molecule has 0 atom stereocenters. The van der Waals surface area contributed by atoms with Crippen LogP contribution in [0, 0.1) is 5.92 Å². The van der Waals surface area contributed by atoms with Gasteiger partial charge >= 0.3 is 0 Å². The van der Waals surface area contributed by atoms with Crippen LogP contribution in [0.2, 0.25) is 0 Å². The molecule has 0 aromatic heterocycles. The van der Waals surface area contributed by atoms with E-state index in [0.29, 0.717) is 12.3 Å². The van der Waals surface area contributed by atoms with Crippen molar-refractivity contribution in [1.29, 1.82) is 0 Å². The maximum atomic E-state index is 12.8. The second-order valence-electron chi connectivity index (χ2n) is 6.64. The number of hydrogen-bond acceptors (Lipinski definition) is 3. The van der Waals surface area contributed by atoms with Gasteiger partial charge in [-0.15, -0.1) is 24.8 Å². The van der Waals surface area contributed by atoms with E-state index in [0.717, 1.165) is 50.7 Å². The van der Waals surface area contributed by atoms with Gasteiger partial charge in [0.25, 0.3) is 0 Å². The van der Waals surface area contributed by atoms with E-state index in [9.17, 15) is 4.79 Å². The van der Waals surface area contributed by atoms with Crippen LogP contribution < -0.4 is 10.2 Å². The zero-order chi connectivity index (χ0) is 15.4. The second kappa shape index (κ2) is 10.2. The Morgan fingerprint density at radius 2 is 1.88 bits per heavy atom. The molecular formula is C18H29Cl2N3O. The molecule has 1 amide bonds. The molecule has 24 heavy (non-hydrogen) atoms. The van der Waals surface area contributed by atoms with Crippen molar-refractivity contribution in [3.8, 4) is 0 Å². The molecule has 1 saturated heterocycles. The number of carbonyl (C=O) groups excluding carboxylic acids is 1. The molecule has 2 heterocycles. The van der Waals surface area contributed by atoms with Gasteiger partial charge in [-0.1, -0.05) is 18.2 Å². The average Bonchev–Trinajstić information content (AvgIpc) is 2.72. The van der Waals surface area contributed by atoms with Gasteiger partial charge in [-0.05, 0) is 56.9 Å². The molecular weight excluding hydrogens is 345 g/mol. The van der Waals surface area contributed by atoms with Crippen LogP contribution in [0.1, 0.15) is 31.2 Å². The Bertz CT molecular complexity index is 521. The summed E-state index contributed by atoms with van der Waals surface area (Å²) >= 11 is 0. The minimum absolute atomic E-state index is 0. The third kappa shape index (κ3) is 5.35. The number of amides is 1. The number of nitrogens with zero attached hydrogens (tertiary/aromatic N) is 2. The molecule has 0 saturated carbocycles. The lowest BCUT2D eigenvalue weighted by molar-refractivity contribution is -0.119. The van der Waals surface area contributed by atoms with Gasteiger partial charge in [0.15, 0.2) is 0 Å². The van der Waals surface area contributed by atoms with Gasteiger partial charge in [0.1, 0.15) is 0 Å². The van der Waals surface area contributed by atoms with Crippen molar-refractivity contribution in [3.63, 3.8) is 0 Å². The van der Waals surface area contributed by atoms with E-state index >= 15 is 0 Å². The highest BCUT2D eigenvalue weighted by atomic mass is 35.5. The number of hydrogen-bond donors (Lipinski definition) is 1. The lowest BCUT2D eigenvalue weighted by atomic mass is 9.93. The summed E-state index contributed by atoms with van der Waals surface area (Å²) in [5.74, 6) is 1.01. The number of likely N-dealkylation sites (N-methyl/N-ethyl adjacent to an activating group) is 1. The normalized spacial score (nSPS) is 18.8. The summed E-state index contributed by atoms with van der Waals surface area (Å²) in [6.45, 7) is 4.88. The molecule has 6 heteroatoms. The highest BCUT2D eigenvalue weighted by Gasteiger charge is 2.23.